The second-order valence-electron chi connectivity index (χ2n) is 3.97. The van der Waals surface area contributed by atoms with E-state index in [1.165, 1.54) is 10.4 Å². The molecule has 0 fully saturated rings. The zero-order chi connectivity index (χ0) is 11.5. The van der Waals surface area contributed by atoms with Crippen molar-refractivity contribution in [2.24, 2.45) is 5.73 Å². The van der Waals surface area contributed by atoms with Gasteiger partial charge in [-0.15, -0.1) is 11.3 Å². The van der Waals surface area contributed by atoms with Crippen molar-refractivity contribution in [1.29, 1.82) is 0 Å². The van der Waals surface area contributed by atoms with Gasteiger partial charge in [-0.1, -0.05) is 30.3 Å². The lowest BCUT2D eigenvalue weighted by Gasteiger charge is -2.09. The molecule has 84 valence electrons. The maximum absolute atomic E-state index is 6.15. The van der Waals surface area contributed by atoms with Gasteiger partial charge in [-0.2, -0.15) is 0 Å². The van der Waals surface area contributed by atoms with E-state index in [-0.39, 0.29) is 6.04 Å². The van der Waals surface area contributed by atoms with Gasteiger partial charge < -0.3 is 5.73 Å². The molecule has 1 aromatic carbocycles. The van der Waals surface area contributed by atoms with Crippen LogP contribution in [-0.2, 0) is 6.42 Å². The molecule has 0 aliphatic carbocycles. The highest BCUT2D eigenvalue weighted by Gasteiger charge is 2.10. The summed E-state index contributed by atoms with van der Waals surface area (Å²) in [5.74, 6) is 0. The Kier molecular flexibility index (Phi) is 3.36. The maximum atomic E-state index is 6.15. The van der Waals surface area contributed by atoms with Crippen LogP contribution in [0.5, 0.6) is 0 Å². The van der Waals surface area contributed by atoms with Crippen LogP contribution in [0.15, 0.2) is 30.3 Å². The van der Waals surface area contributed by atoms with E-state index in [1.54, 1.807) is 11.3 Å². The molecule has 1 heterocycles. The Balaban J connectivity index is 2.11. The van der Waals surface area contributed by atoms with E-state index in [4.69, 9.17) is 5.73 Å². The maximum Gasteiger partial charge on any atom is 0.0949 e. The third-order valence-electron chi connectivity index (χ3n) is 2.70. The molecule has 0 radical (unpaired) electrons. The second kappa shape index (κ2) is 4.76. The van der Waals surface area contributed by atoms with Crippen LogP contribution in [0.1, 0.15) is 27.2 Å². The zero-order valence-electron chi connectivity index (χ0n) is 9.60. The first-order valence-electron chi connectivity index (χ1n) is 5.40. The first kappa shape index (κ1) is 11.3. The average molecular weight is 232 g/mol. The summed E-state index contributed by atoms with van der Waals surface area (Å²) < 4.78 is 0. The van der Waals surface area contributed by atoms with Gasteiger partial charge in [0.25, 0.3) is 0 Å². The molecule has 2 aromatic rings. The van der Waals surface area contributed by atoms with Gasteiger partial charge in [-0.05, 0) is 19.4 Å². The molecule has 0 saturated heterocycles. The van der Waals surface area contributed by atoms with Crippen molar-refractivity contribution < 1.29 is 0 Å². The molecule has 1 aromatic heterocycles. The Morgan fingerprint density at radius 3 is 2.50 bits per heavy atom. The highest BCUT2D eigenvalue weighted by molar-refractivity contribution is 7.11. The van der Waals surface area contributed by atoms with Crippen molar-refractivity contribution in [3.8, 4) is 0 Å². The first-order valence-corrected chi connectivity index (χ1v) is 6.22. The van der Waals surface area contributed by atoms with Crippen LogP contribution >= 0.6 is 11.3 Å². The van der Waals surface area contributed by atoms with Crippen molar-refractivity contribution in [2.75, 3.05) is 0 Å². The lowest BCUT2D eigenvalue weighted by molar-refractivity contribution is 0.717. The number of nitrogens with zero attached hydrogens (tertiary/aromatic N) is 1. The number of rotatable bonds is 3. The monoisotopic (exact) mass is 232 g/mol. The van der Waals surface area contributed by atoms with Crippen molar-refractivity contribution in [3.05, 3.63) is 51.5 Å². The van der Waals surface area contributed by atoms with E-state index in [1.807, 2.05) is 25.1 Å². The Hall–Kier alpha value is -1.19. The van der Waals surface area contributed by atoms with Crippen molar-refractivity contribution in [2.45, 2.75) is 26.3 Å². The fraction of sp³-hybridized carbons (Fsp3) is 0.308. The normalized spacial score (nSPS) is 12.7. The van der Waals surface area contributed by atoms with Gasteiger partial charge in [0.15, 0.2) is 0 Å². The van der Waals surface area contributed by atoms with Crippen molar-refractivity contribution >= 4 is 11.3 Å². The van der Waals surface area contributed by atoms with Gasteiger partial charge in [0, 0.05) is 17.3 Å². The number of thiazole rings is 1. The Bertz CT molecular complexity index is 443. The van der Waals surface area contributed by atoms with Gasteiger partial charge in [0.05, 0.1) is 10.7 Å². The van der Waals surface area contributed by atoms with E-state index >= 15 is 0 Å². The predicted octanol–water partition coefficient (Wildman–Crippen LogP) is 3.00. The summed E-state index contributed by atoms with van der Waals surface area (Å²) in [5.41, 5.74) is 8.45. The largest absolute Gasteiger partial charge is 0.324 e. The van der Waals surface area contributed by atoms with Crippen LogP contribution in [-0.4, -0.2) is 4.98 Å². The number of benzene rings is 1. The molecule has 2 N–H and O–H groups in total. The minimum atomic E-state index is 0.0474. The predicted molar refractivity (Wildman–Crippen MR) is 68.7 cm³/mol. The highest BCUT2D eigenvalue weighted by Crippen LogP contribution is 2.21. The molecule has 0 amide bonds. The molecule has 0 aliphatic rings. The molecular formula is C13H16N2S. The van der Waals surface area contributed by atoms with E-state index < -0.39 is 0 Å². The fourth-order valence-electron chi connectivity index (χ4n) is 1.63. The minimum absolute atomic E-state index is 0.0474. The molecule has 16 heavy (non-hydrogen) atoms. The van der Waals surface area contributed by atoms with Crippen molar-refractivity contribution in [1.82, 2.24) is 4.98 Å². The summed E-state index contributed by atoms with van der Waals surface area (Å²) >= 11 is 1.75. The molecule has 3 heteroatoms. The van der Waals surface area contributed by atoms with E-state index in [0.29, 0.717) is 0 Å². The second-order valence-corrected chi connectivity index (χ2v) is 5.26. The Labute approximate surface area is 100 Å². The van der Waals surface area contributed by atoms with E-state index in [0.717, 1.165) is 17.1 Å². The summed E-state index contributed by atoms with van der Waals surface area (Å²) in [7, 11) is 0. The van der Waals surface area contributed by atoms with Gasteiger partial charge in [-0.3, -0.25) is 0 Å². The van der Waals surface area contributed by atoms with Gasteiger partial charge in [0.2, 0.25) is 0 Å². The van der Waals surface area contributed by atoms with Gasteiger partial charge >= 0.3 is 0 Å². The molecule has 2 nitrogen and oxygen atoms in total. The molecule has 1 atom stereocenters. The summed E-state index contributed by atoms with van der Waals surface area (Å²) in [4.78, 5) is 5.80. The van der Waals surface area contributed by atoms with Crippen LogP contribution in [0.25, 0.3) is 0 Å². The fourth-order valence-corrected chi connectivity index (χ4v) is 2.62. The number of hydrogen-bond donors (Lipinski definition) is 1. The zero-order valence-corrected chi connectivity index (χ0v) is 10.4. The molecule has 0 aliphatic heterocycles. The smallest absolute Gasteiger partial charge is 0.0949 e. The summed E-state index contributed by atoms with van der Waals surface area (Å²) in [6, 6.07) is 10.2. The van der Waals surface area contributed by atoms with Crippen molar-refractivity contribution in [3.63, 3.8) is 0 Å². The van der Waals surface area contributed by atoms with E-state index in [9.17, 15) is 0 Å². The van der Waals surface area contributed by atoms with Crippen LogP contribution in [0, 0.1) is 13.8 Å². The summed E-state index contributed by atoms with van der Waals surface area (Å²) in [6.45, 7) is 4.15. The summed E-state index contributed by atoms with van der Waals surface area (Å²) in [6.07, 6.45) is 0.823. The molecule has 0 spiro atoms. The third kappa shape index (κ3) is 2.49. The average Bonchev–Trinajstić information content (AvgIpc) is 2.59. The quantitative estimate of drug-likeness (QED) is 0.883. The molecule has 0 bridgehead atoms. The topological polar surface area (TPSA) is 38.9 Å². The van der Waals surface area contributed by atoms with Gasteiger partial charge in [0.1, 0.15) is 0 Å². The van der Waals surface area contributed by atoms with E-state index in [2.05, 4.69) is 24.0 Å². The lowest BCUT2D eigenvalue weighted by atomic mass is 10.1. The molecule has 1 unspecified atom stereocenters. The number of aryl methyl sites for hydroxylation is 2. The third-order valence-corrected chi connectivity index (χ3v) is 3.79. The van der Waals surface area contributed by atoms with Crippen LogP contribution < -0.4 is 5.73 Å². The van der Waals surface area contributed by atoms with Crippen LogP contribution in [0.2, 0.25) is 0 Å². The minimum Gasteiger partial charge on any atom is -0.324 e. The number of nitrogens with two attached hydrogens (primary N) is 1. The summed E-state index contributed by atoms with van der Waals surface area (Å²) in [5, 5.41) is 1.13. The van der Waals surface area contributed by atoms with Crippen LogP contribution in [0.3, 0.4) is 0 Å². The first-order chi connectivity index (χ1) is 7.66. The lowest BCUT2D eigenvalue weighted by Crippen LogP contribution is -2.12. The highest BCUT2D eigenvalue weighted by atomic mass is 32.1. The Morgan fingerprint density at radius 1 is 1.25 bits per heavy atom. The standard InChI is InChI=1S/C13H16N2S/c1-9-10(2)16-13(15-9)8-12(14)11-6-4-3-5-7-11/h3-7,12H,8,14H2,1-2H3. The SMILES string of the molecule is Cc1nc(CC(N)c2ccccc2)sc1C. The molecule has 0 saturated carbocycles. The molecular weight excluding hydrogens is 216 g/mol. The van der Waals surface area contributed by atoms with Crippen LogP contribution in [0.4, 0.5) is 0 Å². The van der Waals surface area contributed by atoms with Gasteiger partial charge in [-0.25, -0.2) is 4.98 Å². The number of aromatic nitrogens is 1. The Morgan fingerprint density at radius 2 is 1.94 bits per heavy atom. The molecule has 2 rings (SSSR count). The number of hydrogen-bond acceptors (Lipinski definition) is 3.